The van der Waals surface area contributed by atoms with Crippen molar-refractivity contribution in [1.82, 2.24) is 0 Å². The molecule has 1 unspecified atom stereocenters. The van der Waals surface area contributed by atoms with Gasteiger partial charge in [0.25, 0.3) is 0 Å². The fourth-order valence-electron chi connectivity index (χ4n) is 4.14. The molecule has 0 saturated carbocycles. The summed E-state index contributed by atoms with van der Waals surface area (Å²) in [5.74, 6) is -7.96. The molecule has 0 saturated heterocycles. The van der Waals surface area contributed by atoms with E-state index in [1.165, 1.54) is 51.4 Å². The zero-order chi connectivity index (χ0) is 25.9. The predicted molar refractivity (Wildman–Crippen MR) is 131 cm³/mol. The highest BCUT2D eigenvalue weighted by molar-refractivity contribution is 7.94. The van der Waals surface area contributed by atoms with Crippen LogP contribution in [0.5, 0.6) is 5.75 Å². The number of rotatable bonds is 22. The van der Waals surface area contributed by atoms with Crippen LogP contribution in [0.25, 0.3) is 0 Å². The van der Waals surface area contributed by atoms with Gasteiger partial charge in [0.2, 0.25) is 11.6 Å². The van der Waals surface area contributed by atoms with E-state index in [2.05, 4.69) is 23.2 Å². The average Bonchev–Trinajstić information content (AvgIpc) is 2.86. The fraction of sp³-hybridized carbons (Fsp3) is 0.769. The monoisotopic (exact) mass is 526 g/mol. The molecule has 1 aromatic carbocycles. The molecule has 9 heteroatoms. The van der Waals surface area contributed by atoms with Crippen molar-refractivity contribution in [3.8, 4) is 5.75 Å². The molecular formula is C26H42F4O4S. The van der Waals surface area contributed by atoms with E-state index in [4.69, 9.17) is 9.99 Å². The van der Waals surface area contributed by atoms with Gasteiger partial charge >= 0.3 is 0 Å². The molecule has 0 aliphatic heterocycles. The van der Waals surface area contributed by atoms with Crippen LogP contribution in [0.15, 0.2) is 4.90 Å². The first kappa shape index (κ1) is 32.0. The van der Waals surface area contributed by atoms with Gasteiger partial charge in [-0.05, 0) is 18.8 Å². The van der Waals surface area contributed by atoms with E-state index in [1.807, 2.05) is 0 Å². The summed E-state index contributed by atoms with van der Waals surface area (Å²) in [4.78, 5) is -0.763. The summed E-state index contributed by atoms with van der Waals surface area (Å²) in [6.07, 6.45) is 18.0. The first-order chi connectivity index (χ1) is 17.0. The number of benzene rings is 1. The van der Waals surface area contributed by atoms with Crippen molar-refractivity contribution in [2.75, 3.05) is 6.61 Å². The maximum absolute atomic E-state index is 14.4. The zero-order valence-electron chi connectivity index (χ0n) is 21.2. The van der Waals surface area contributed by atoms with E-state index in [1.54, 1.807) is 0 Å². The average molecular weight is 527 g/mol. The van der Waals surface area contributed by atoms with Gasteiger partial charge in [-0.2, -0.15) is 4.39 Å². The minimum Gasteiger partial charge on any atom is -0.489 e. The molecule has 4 nitrogen and oxygen atoms in total. The molecule has 204 valence electrons. The molecule has 0 amide bonds. The summed E-state index contributed by atoms with van der Waals surface area (Å²) in [6.45, 7) is 4.41. The molecule has 0 aliphatic carbocycles. The van der Waals surface area contributed by atoms with Gasteiger partial charge in [0.1, 0.15) is 4.90 Å². The minimum atomic E-state index is -1.98. The van der Waals surface area contributed by atoms with E-state index < -0.39 is 33.9 Å². The van der Waals surface area contributed by atoms with Crippen LogP contribution in [-0.4, -0.2) is 11.9 Å². The van der Waals surface area contributed by atoms with Gasteiger partial charge in [0.05, 0.1) is 18.6 Å². The standard InChI is InChI=1S/C26H42F4O4S/c1-3-5-7-9-11-12-14-16-18-20(17-15-13-10-8-6-4-2)19-32-25-23(29)21(27)22(28)24(30)26(25)35-34-33-31/h20,31H,3-19H2,1-2H3. The van der Waals surface area contributed by atoms with Crippen LogP contribution in [0.2, 0.25) is 0 Å². The van der Waals surface area contributed by atoms with E-state index in [-0.39, 0.29) is 24.6 Å². The molecule has 0 aromatic heterocycles. The summed E-state index contributed by atoms with van der Waals surface area (Å²) in [6, 6.07) is 0. The normalized spacial score (nSPS) is 12.3. The lowest BCUT2D eigenvalue weighted by atomic mass is 9.94. The minimum absolute atomic E-state index is 0.00496. The molecule has 1 atom stereocenters. The molecule has 35 heavy (non-hydrogen) atoms. The van der Waals surface area contributed by atoms with Crippen molar-refractivity contribution < 1.29 is 36.9 Å². The fourth-order valence-corrected chi connectivity index (χ4v) is 4.62. The Morgan fingerprint density at radius 2 is 1.11 bits per heavy atom. The number of hydrogen-bond donors (Lipinski definition) is 1. The van der Waals surface area contributed by atoms with Crippen molar-refractivity contribution in [2.45, 2.75) is 121 Å². The van der Waals surface area contributed by atoms with Crippen LogP contribution in [0.4, 0.5) is 17.6 Å². The van der Waals surface area contributed by atoms with Crippen LogP contribution in [0.1, 0.15) is 117 Å². The van der Waals surface area contributed by atoms with Crippen molar-refractivity contribution in [3.63, 3.8) is 0 Å². The van der Waals surface area contributed by atoms with Crippen molar-refractivity contribution in [1.29, 1.82) is 0 Å². The molecule has 0 fully saturated rings. The Morgan fingerprint density at radius 3 is 1.60 bits per heavy atom. The molecule has 1 N–H and O–H groups in total. The third-order valence-corrected chi connectivity index (χ3v) is 6.89. The summed E-state index contributed by atoms with van der Waals surface area (Å²) < 4.78 is 65.7. The van der Waals surface area contributed by atoms with E-state index >= 15 is 0 Å². The van der Waals surface area contributed by atoms with Crippen LogP contribution in [-0.2, 0) is 9.37 Å². The maximum Gasteiger partial charge on any atom is 0.205 e. The zero-order valence-corrected chi connectivity index (χ0v) is 22.0. The number of ether oxygens (including phenoxy) is 1. The summed E-state index contributed by atoms with van der Waals surface area (Å²) in [5, 5.41) is 11.7. The van der Waals surface area contributed by atoms with Gasteiger partial charge in [-0.15, -0.1) is 4.33 Å². The first-order valence-electron chi connectivity index (χ1n) is 13.1. The Balaban J connectivity index is 2.71. The van der Waals surface area contributed by atoms with Crippen molar-refractivity contribution in [2.24, 2.45) is 5.92 Å². The van der Waals surface area contributed by atoms with Gasteiger partial charge in [-0.25, -0.2) is 18.4 Å². The van der Waals surface area contributed by atoms with Crippen LogP contribution >= 0.6 is 12.0 Å². The molecule has 0 bridgehead atoms. The molecule has 0 spiro atoms. The molecular weight excluding hydrogens is 484 g/mol. The lowest BCUT2D eigenvalue weighted by Gasteiger charge is -2.20. The van der Waals surface area contributed by atoms with E-state index in [9.17, 15) is 17.6 Å². The van der Waals surface area contributed by atoms with Crippen molar-refractivity contribution in [3.05, 3.63) is 23.3 Å². The third-order valence-electron chi connectivity index (χ3n) is 6.23. The highest BCUT2D eigenvalue weighted by Crippen LogP contribution is 2.38. The van der Waals surface area contributed by atoms with Gasteiger partial charge in [0, 0.05) is 0 Å². The second kappa shape index (κ2) is 20.1. The third kappa shape index (κ3) is 12.7. The van der Waals surface area contributed by atoms with E-state index in [0.29, 0.717) is 0 Å². The molecule has 0 aliphatic rings. The predicted octanol–water partition coefficient (Wildman–Crippen LogP) is 9.95. The lowest BCUT2D eigenvalue weighted by molar-refractivity contribution is -0.432. The maximum atomic E-state index is 14.4. The second-order valence-corrected chi connectivity index (χ2v) is 9.85. The Hall–Kier alpha value is -1.03. The number of halogens is 4. The van der Waals surface area contributed by atoms with E-state index in [0.717, 1.165) is 51.4 Å². The Labute approximate surface area is 212 Å². The van der Waals surface area contributed by atoms with Gasteiger partial charge < -0.3 is 4.74 Å². The highest BCUT2D eigenvalue weighted by Gasteiger charge is 2.28. The Morgan fingerprint density at radius 1 is 0.657 bits per heavy atom. The van der Waals surface area contributed by atoms with Gasteiger partial charge in [-0.3, -0.25) is 0 Å². The Bertz CT molecular complexity index is 694. The molecule has 1 rings (SSSR count). The van der Waals surface area contributed by atoms with Crippen molar-refractivity contribution >= 4 is 12.0 Å². The van der Waals surface area contributed by atoms with Crippen LogP contribution < -0.4 is 4.74 Å². The number of unbranched alkanes of at least 4 members (excludes halogenated alkanes) is 12. The summed E-state index contributed by atoms with van der Waals surface area (Å²) >= 11 is 0.00496. The SMILES string of the molecule is CCCCCCCCCCC(CCCCCCCC)COc1c(F)c(F)c(F)c(F)c1SOOO. The Kier molecular flexibility index (Phi) is 18.4. The summed E-state index contributed by atoms with van der Waals surface area (Å²) in [7, 11) is 0. The molecule has 0 heterocycles. The largest absolute Gasteiger partial charge is 0.489 e. The first-order valence-corrected chi connectivity index (χ1v) is 13.8. The van der Waals surface area contributed by atoms with Gasteiger partial charge in [-0.1, -0.05) is 109 Å². The number of hydrogen-bond acceptors (Lipinski definition) is 5. The topological polar surface area (TPSA) is 47.9 Å². The molecule has 0 radical (unpaired) electrons. The summed E-state index contributed by atoms with van der Waals surface area (Å²) in [5.41, 5.74) is 0. The highest BCUT2D eigenvalue weighted by atomic mass is 32.2. The molecule has 1 aromatic rings. The quantitative estimate of drug-likeness (QED) is 0.0310. The van der Waals surface area contributed by atoms with Crippen LogP contribution in [0, 0.1) is 29.2 Å². The van der Waals surface area contributed by atoms with Gasteiger partial charge in [0.15, 0.2) is 17.4 Å². The smallest absolute Gasteiger partial charge is 0.205 e. The van der Waals surface area contributed by atoms with Crippen LogP contribution in [0.3, 0.4) is 0 Å². The second-order valence-electron chi connectivity index (χ2n) is 9.14. The lowest BCUT2D eigenvalue weighted by Crippen LogP contribution is -2.15.